The molecule has 190 valence electrons. The van der Waals surface area contributed by atoms with Gasteiger partial charge >= 0.3 is 0 Å². The fraction of sp³-hybridized carbons (Fsp3) is 0.240. The minimum absolute atomic E-state index is 0.0666. The predicted molar refractivity (Wildman–Crippen MR) is 139 cm³/mol. The highest BCUT2D eigenvalue weighted by Gasteiger charge is 2.31. The number of aryl methyl sites for hydroxylation is 1. The molecule has 0 saturated carbocycles. The van der Waals surface area contributed by atoms with Gasteiger partial charge in [-0.3, -0.25) is 19.5 Å². The Balaban J connectivity index is 0.000000275. The molecule has 2 N–H and O–H groups in total. The second-order valence-corrected chi connectivity index (χ2v) is 10.6. The summed E-state index contributed by atoms with van der Waals surface area (Å²) in [5.41, 5.74) is 1.96. The van der Waals surface area contributed by atoms with Crippen LogP contribution in [0, 0.1) is 6.92 Å². The molecule has 2 aromatic carbocycles. The van der Waals surface area contributed by atoms with E-state index in [0.29, 0.717) is 13.0 Å². The molecular formula is C25H27N3O6S2. The van der Waals surface area contributed by atoms with Crippen LogP contribution in [-0.4, -0.2) is 54.6 Å². The van der Waals surface area contributed by atoms with Gasteiger partial charge in [-0.2, -0.15) is 8.42 Å². The van der Waals surface area contributed by atoms with E-state index in [2.05, 4.69) is 10.3 Å². The predicted octanol–water partition coefficient (Wildman–Crippen LogP) is 3.73. The van der Waals surface area contributed by atoms with E-state index in [1.54, 1.807) is 18.3 Å². The molecule has 0 bridgehead atoms. The summed E-state index contributed by atoms with van der Waals surface area (Å²) in [6, 6.07) is 19.4. The molecule has 9 nitrogen and oxygen atoms in total. The molecule has 4 rings (SSSR count). The van der Waals surface area contributed by atoms with Crippen LogP contribution in [0.15, 0.2) is 77.8 Å². The lowest BCUT2D eigenvalue weighted by molar-refractivity contribution is -0.118. The second kappa shape index (κ2) is 12.5. The maximum absolute atomic E-state index is 11.6. The Kier molecular flexibility index (Phi) is 9.45. The van der Waals surface area contributed by atoms with Crippen LogP contribution in [-0.2, 0) is 21.3 Å². The van der Waals surface area contributed by atoms with Crippen LogP contribution in [0.3, 0.4) is 0 Å². The van der Waals surface area contributed by atoms with Crippen LogP contribution in [0.5, 0.6) is 5.75 Å². The minimum Gasteiger partial charge on any atom is -0.492 e. The summed E-state index contributed by atoms with van der Waals surface area (Å²) in [4.78, 5) is 29.0. The van der Waals surface area contributed by atoms with Crippen LogP contribution >= 0.6 is 11.8 Å². The number of hydrogen-bond donors (Lipinski definition) is 2. The Bertz CT molecular complexity index is 1270. The number of imide groups is 1. The lowest BCUT2D eigenvalue weighted by atomic mass is 10.1. The van der Waals surface area contributed by atoms with Gasteiger partial charge in [-0.05, 0) is 55.3 Å². The molecule has 1 saturated heterocycles. The van der Waals surface area contributed by atoms with E-state index in [1.807, 2.05) is 61.3 Å². The van der Waals surface area contributed by atoms with Gasteiger partial charge in [0.25, 0.3) is 15.4 Å². The molecule has 2 heterocycles. The highest BCUT2D eigenvalue weighted by atomic mass is 32.2. The molecule has 0 spiro atoms. The van der Waals surface area contributed by atoms with Crippen molar-refractivity contribution in [2.75, 3.05) is 25.1 Å². The molecule has 36 heavy (non-hydrogen) atoms. The molecule has 11 heteroatoms. The van der Waals surface area contributed by atoms with Crippen molar-refractivity contribution in [1.82, 2.24) is 10.3 Å². The molecule has 0 aliphatic carbocycles. The van der Waals surface area contributed by atoms with E-state index in [-0.39, 0.29) is 21.3 Å². The fourth-order valence-corrected chi connectivity index (χ4v) is 4.51. The summed E-state index contributed by atoms with van der Waals surface area (Å²) in [7, 11) is -2.05. The Morgan fingerprint density at radius 3 is 2.31 bits per heavy atom. The zero-order chi connectivity index (χ0) is 26.1. The Hall–Kier alpha value is -3.41. The number of nitrogens with zero attached hydrogens (tertiary/aromatic N) is 2. The van der Waals surface area contributed by atoms with Crippen molar-refractivity contribution in [3.05, 3.63) is 84.1 Å². The van der Waals surface area contributed by atoms with E-state index in [0.717, 1.165) is 41.0 Å². The number of carbonyl (C=O) groups is 2. The molecule has 1 fully saturated rings. The molecule has 2 amide bonds. The number of likely N-dealkylation sites (N-methyl/N-ethyl adjacent to an activating group) is 1. The van der Waals surface area contributed by atoms with Gasteiger partial charge < -0.3 is 9.64 Å². The van der Waals surface area contributed by atoms with Gasteiger partial charge in [0, 0.05) is 13.2 Å². The highest BCUT2D eigenvalue weighted by molar-refractivity contribution is 8.15. The number of rotatable bonds is 8. The van der Waals surface area contributed by atoms with Crippen molar-refractivity contribution in [2.45, 2.75) is 23.5 Å². The van der Waals surface area contributed by atoms with Gasteiger partial charge in [-0.15, -0.1) is 0 Å². The molecule has 1 unspecified atom stereocenters. The van der Waals surface area contributed by atoms with Gasteiger partial charge in [0.2, 0.25) is 5.91 Å². The number of aromatic nitrogens is 1. The summed E-state index contributed by atoms with van der Waals surface area (Å²) in [6.07, 6.45) is 2.30. The highest BCUT2D eigenvalue weighted by Crippen LogP contribution is 2.24. The number of thioether (sulfide) groups is 1. The van der Waals surface area contributed by atoms with Gasteiger partial charge in [0.1, 0.15) is 18.2 Å². The SMILES string of the molecule is CN(CCOc1ccc(CC2SC(=O)NC2=O)cc1)c1ccccn1.Cc1ccc(S(=O)(=O)O)cc1. The quantitative estimate of drug-likeness (QED) is 0.420. The zero-order valence-corrected chi connectivity index (χ0v) is 21.5. The van der Waals surface area contributed by atoms with E-state index in [9.17, 15) is 18.0 Å². The Morgan fingerprint density at radius 1 is 1.06 bits per heavy atom. The maximum Gasteiger partial charge on any atom is 0.294 e. The van der Waals surface area contributed by atoms with Crippen LogP contribution in [0.1, 0.15) is 11.1 Å². The molecule has 3 aromatic rings. The first-order valence-electron chi connectivity index (χ1n) is 11.0. The molecular weight excluding hydrogens is 502 g/mol. The van der Waals surface area contributed by atoms with Crippen LogP contribution in [0.4, 0.5) is 10.6 Å². The summed E-state index contributed by atoms with van der Waals surface area (Å²) in [6.45, 7) is 3.11. The Morgan fingerprint density at radius 2 is 1.75 bits per heavy atom. The van der Waals surface area contributed by atoms with Crippen molar-refractivity contribution in [1.29, 1.82) is 0 Å². The summed E-state index contributed by atoms with van der Waals surface area (Å²) < 4.78 is 35.3. The first-order valence-corrected chi connectivity index (χ1v) is 13.3. The minimum atomic E-state index is -4.02. The van der Waals surface area contributed by atoms with Gasteiger partial charge in [0.15, 0.2) is 0 Å². The normalized spacial score (nSPS) is 15.0. The number of benzene rings is 2. The average molecular weight is 530 g/mol. The molecule has 1 aliphatic rings. The van der Waals surface area contributed by atoms with Crippen molar-refractivity contribution in [3.63, 3.8) is 0 Å². The largest absolute Gasteiger partial charge is 0.492 e. The average Bonchev–Trinajstić information content (AvgIpc) is 3.17. The van der Waals surface area contributed by atoms with E-state index < -0.39 is 10.1 Å². The van der Waals surface area contributed by atoms with Crippen molar-refractivity contribution in [2.24, 2.45) is 0 Å². The number of pyridine rings is 1. The number of carbonyl (C=O) groups excluding carboxylic acids is 2. The fourth-order valence-electron chi connectivity index (χ4n) is 3.17. The number of ether oxygens (including phenoxy) is 1. The topological polar surface area (TPSA) is 126 Å². The van der Waals surface area contributed by atoms with Crippen molar-refractivity contribution in [3.8, 4) is 5.75 Å². The summed E-state index contributed by atoms with van der Waals surface area (Å²) in [5.74, 6) is 1.47. The van der Waals surface area contributed by atoms with E-state index >= 15 is 0 Å². The van der Waals surface area contributed by atoms with Gasteiger partial charge in [0.05, 0.1) is 16.7 Å². The van der Waals surface area contributed by atoms with Crippen LogP contribution in [0.2, 0.25) is 0 Å². The number of nitrogens with one attached hydrogen (secondary N) is 1. The van der Waals surface area contributed by atoms with Crippen LogP contribution in [0.25, 0.3) is 0 Å². The Labute approximate surface area is 214 Å². The molecule has 0 radical (unpaired) electrons. The van der Waals surface area contributed by atoms with Gasteiger partial charge in [-0.1, -0.05) is 47.7 Å². The lowest BCUT2D eigenvalue weighted by Crippen LogP contribution is -2.25. The zero-order valence-electron chi connectivity index (χ0n) is 19.8. The summed E-state index contributed by atoms with van der Waals surface area (Å²) in [5, 5.41) is 1.69. The van der Waals surface area contributed by atoms with Crippen molar-refractivity contribution >= 4 is 38.8 Å². The number of anilines is 1. The molecule has 1 aliphatic heterocycles. The molecule has 1 aromatic heterocycles. The summed E-state index contributed by atoms with van der Waals surface area (Å²) >= 11 is 1.05. The van der Waals surface area contributed by atoms with Crippen molar-refractivity contribution < 1.29 is 27.3 Å². The number of amides is 2. The smallest absolute Gasteiger partial charge is 0.294 e. The van der Waals surface area contributed by atoms with E-state index in [1.165, 1.54) is 12.1 Å². The first-order chi connectivity index (χ1) is 17.1. The third-order valence-electron chi connectivity index (χ3n) is 5.17. The number of hydrogen-bond acceptors (Lipinski definition) is 8. The third-order valence-corrected chi connectivity index (χ3v) is 7.02. The first kappa shape index (κ1) is 27.2. The van der Waals surface area contributed by atoms with Gasteiger partial charge in [-0.25, -0.2) is 4.98 Å². The second-order valence-electron chi connectivity index (χ2n) is 7.98. The van der Waals surface area contributed by atoms with E-state index in [4.69, 9.17) is 9.29 Å². The third kappa shape index (κ3) is 8.36. The standard InChI is InChI=1S/C18H19N3O3S.C7H8O3S/c1-21(16-4-2-3-9-19-16)10-11-24-14-7-5-13(6-8-14)12-15-17(22)20-18(23)25-15;1-6-2-4-7(5-3-6)11(8,9)10/h2-9,15H,10-12H2,1H3,(H,20,22,23);2-5H,1H3,(H,8,9,10). The monoisotopic (exact) mass is 529 g/mol. The lowest BCUT2D eigenvalue weighted by Gasteiger charge is -2.18. The van der Waals surface area contributed by atoms with Crippen LogP contribution < -0.4 is 15.0 Å². The molecule has 1 atom stereocenters. The maximum atomic E-state index is 11.6.